The van der Waals surface area contributed by atoms with Gasteiger partial charge in [-0.25, -0.2) is 0 Å². The molecule has 150 valence electrons. The van der Waals surface area contributed by atoms with Crippen molar-refractivity contribution >= 4 is 15.9 Å². The molecule has 3 rings (SSSR count). The number of rotatable bonds is 3. The van der Waals surface area contributed by atoms with E-state index in [2.05, 4.69) is 55.8 Å². The van der Waals surface area contributed by atoms with E-state index in [0.29, 0.717) is 11.5 Å². The number of halogens is 1. The molecule has 0 amide bonds. The molecule has 0 bridgehead atoms. The standard InChI is InChI=1S/C23H33BrO3/c1-14-8-9-19-22(2,3)10-7-11-23(19,4)20(21(14)25)15-12-17(26-5)18(27-6)13-16(15)24/h9,12-14,20-21,25H,7-8,10-11H2,1-6H3/t14-,20+,21+,23+/m0/s1. The number of fused-ring (bicyclic) bond motifs is 1. The van der Waals surface area contributed by atoms with Gasteiger partial charge in [0, 0.05) is 10.4 Å². The molecular weight excluding hydrogens is 404 g/mol. The number of hydrogen-bond donors (Lipinski definition) is 1. The van der Waals surface area contributed by atoms with Crippen molar-refractivity contribution in [1.82, 2.24) is 0 Å². The molecule has 0 aromatic heterocycles. The van der Waals surface area contributed by atoms with Crippen LogP contribution in [-0.2, 0) is 0 Å². The van der Waals surface area contributed by atoms with Gasteiger partial charge in [0.25, 0.3) is 0 Å². The van der Waals surface area contributed by atoms with E-state index in [1.807, 2.05) is 6.07 Å². The van der Waals surface area contributed by atoms with Crippen molar-refractivity contribution in [3.05, 3.63) is 33.8 Å². The second-order valence-corrected chi connectivity index (χ2v) is 10.0. The summed E-state index contributed by atoms with van der Waals surface area (Å²) in [5.41, 5.74) is 2.71. The molecule has 0 aliphatic heterocycles. The van der Waals surface area contributed by atoms with Gasteiger partial charge in [-0.05, 0) is 53.7 Å². The lowest BCUT2D eigenvalue weighted by atomic mass is 9.54. The van der Waals surface area contributed by atoms with Gasteiger partial charge in [-0.3, -0.25) is 0 Å². The third-order valence-electron chi connectivity index (χ3n) is 6.98. The number of benzene rings is 1. The maximum atomic E-state index is 11.4. The van der Waals surface area contributed by atoms with Crippen LogP contribution in [0.25, 0.3) is 0 Å². The second kappa shape index (κ2) is 7.44. The van der Waals surface area contributed by atoms with Crippen molar-refractivity contribution in [3.8, 4) is 11.5 Å². The van der Waals surface area contributed by atoms with Crippen LogP contribution in [0.15, 0.2) is 28.3 Å². The molecule has 0 unspecified atom stereocenters. The quantitative estimate of drug-likeness (QED) is 0.582. The van der Waals surface area contributed by atoms with E-state index in [9.17, 15) is 5.11 Å². The molecule has 1 fully saturated rings. The zero-order valence-electron chi connectivity index (χ0n) is 17.4. The minimum atomic E-state index is -0.410. The molecule has 1 aromatic carbocycles. The molecule has 1 aromatic rings. The molecule has 0 heterocycles. The van der Waals surface area contributed by atoms with Crippen molar-refractivity contribution in [2.45, 2.75) is 65.4 Å². The molecule has 4 atom stereocenters. The number of ether oxygens (including phenoxy) is 2. The van der Waals surface area contributed by atoms with Crippen LogP contribution in [-0.4, -0.2) is 25.4 Å². The van der Waals surface area contributed by atoms with E-state index < -0.39 is 6.10 Å². The number of allylic oxidation sites excluding steroid dienone is 2. The zero-order chi connectivity index (χ0) is 20.0. The van der Waals surface area contributed by atoms with E-state index in [4.69, 9.17) is 9.47 Å². The third-order valence-corrected chi connectivity index (χ3v) is 7.67. The molecule has 2 aliphatic carbocycles. The fourth-order valence-corrected chi connectivity index (χ4v) is 6.13. The highest BCUT2D eigenvalue weighted by atomic mass is 79.9. The largest absolute Gasteiger partial charge is 0.493 e. The van der Waals surface area contributed by atoms with Gasteiger partial charge in [-0.2, -0.15) is 0 Å². The SMILES string of the molecule is COc1cc(Br)c([C@@H]2[C@H](O)[C@@H](C)CC=C3C(C)(C)CCC[C@]32C)cc1OC. The fourth-order valence-electron chi connectivity index (χ4n) is 5.56. The molecule has 4 heteroatoms. The zero-order valence-corrected chi connectivity index (χ0v) is 19.0. The summed E-state index contributed by atoms with van der Waals surface area (Å²) < 4.78 is 12.0. The normalized spacial score (nSPS) is 32.9. The van der Waals surface area contributed by atoms with E-state index in [0.717, 1.165) is 22.9 Å². The Hall–Kier alpha value is -1.00. The van der Waals surface area contributed by atoms with Crippen molar-refractivity contribution in [2.24, 2.45) is 16.7 Å². The minimum Gasteiger partial charge on any atom is -0.493 e. The van der Waals surface area contributed by atoms with E-state index in [1.54, 1.807) is 14.2 Å². The summed E-state index contributed by atoms with van der Waals surface area (Å²) in [5.74, 6) is 1.63. The van der Waals surface area contributed by atoms with Crippen molar-refractivity contribution < 1.29 is 14.6 Å². The molecule has 0 spiro atoms. The molecule has 27 heavy (non-hydrogen) atoms. The summed E-state index contributed by atoms with van der Waals surface area (Å²) in [4.78, 5) is 0. The minimum absolute atomic E-state index is 0.00926. The van der Waals surface area contributed by atoms with Gasteiger partial charge in [0.2, 0.25) is 0 Å². The smallest absolute Gasteiger partial charge is 0.161 e. The molecule has 1 N–H and O–H groups in total. The van der Waals surface area contributed by atoms with Crippen molar-refractivity contribution in [1.29, 1.82) is 0 Å². The van der Waals surface area contributed by atoms with E-state index >= 15 is 0 Å². The van der Waals surface area contributed by atoms with Gasteiger partial charge in [0.15, 0.2) is 11.5 Å². The lowest BCUT2D eigenvalue weighted by Crippen LogP contribution is -2.43. The number of methoxy groups -OCH3 is 2. The summed E-state index contributed by atoms with van der Waals surface area (Å²) in [5, 5.41) is 11.4. The topological polar surface area (TPSA) is 38.7 Å². The van der Waals surface area contributed by atoms with Crippen LogP contribution in [0.3, 0.4) is 0 Å². The third kappa shape index (κ3) is 3.44. The Labute approximate surface area is 172 Å². The lowest BCUT2D eigenvalue weighted by Gasteiger charge is -2.51. The van der Waals surface area contributed by atoms with Gasteiger partial charge in [-0.1, -0.05) is 61.7 Å². The van der Waals surface area contributed by atoms with Crippen molar-refractivity contribution in [3.63, 3.8) is 0 Å². The van der Waals surface area contributed by atoms with Crippen LogP contribution >= 0.6 is 15.9 Å². The lowest BCUT2D eigenvalue weighted by molar-refractivity contribution is 0.0333. The highest BCUT2D eigenvalue weighted by Gasteiger charge is 2.51. The predicted octanol–water partition coefficient (Wildman–Crippen LogP) is 6.09. The van der Waals surface area contributed by atoms with E-state index in [-0.39, 0.29) is 22.7 Å². The summed E-state index contributed by atoms with van der Waals surface area (Å²) in [6.07, 6.45) is 6.44. The first kappa shape index (κ1) is 20.7. The molecule has 0 saturated heterocycles. The fraction of sp³-hybridized carbons (Fsp3) is 0.652. The first-order valence-electron chi connectivity index (χ1n) is 9.96. The van der Waals surface area contributed by atoms with Crippen LogP contribution in [0.2, 0.25) is 0 Å². The van der Waals surface area contributed by atoms with Gasteiger partial charge in [0.05, 0.1) is 20.3 Å². The molecule has 3 nitrogen and oxygen atoms in total. The van der Waals surface area contributed by atoms with Crippen LogP contribution in [0.1, 0.15) is 64.9 Å². The summed E-state index contributed by atoms with van der Waals surface area (Å²) in [6.45, 7) is 9.24. The van der Waals surface area contributed by atoms with Gasteiger partial charge < -0.3 is 14.6 Å². The average molecular weight is 437 g/mol. The molecule has 0 radical (unpaired) electrons. The van der Waals surface area contributed by atoms with Crippen LogP contribution in [0.5, 0.6) is 11.5 Å². The first-order valence-corrected chi connectivity index (χ1v) is 10.8. The van der Waals surface area contributed by atoms with Gasteiger partial charge >= 0.3 is 0 Å². The Morgan fingerprint density at radius 2 is 1.70 bits per heavy atom. The molecule has 1 saturated carbocycles. The maximum absolute atomic E-state index is 11.4. The van der Waals surface area contributed by atoms with Gasteiger partial charge in [-0.15, -0.1) is 0 Å². The highest BCUT2D eigenvalue weighted by Crippen LogP contribution is 2.61. The number of hydrogen-bond acceptors (Lipinski definition) is 3. The Morgan fingerprint density at radius 3 is 2.33 bits per heavy atom. The molecule has 2 aliphatic rings. The number of aliphatic hydroxyl groups excluding tert-OH is 1. The second-order valence-electron chi connectivity index (χ2n) is 9.18. The highest BCUT2D eigenvalue weighted by molar-refractivity contribution is 9.10. The van der Waals surface area contributed by atoms with E-state index in [1.165, 1.54) is 18.4 Å². The van der Waals surface area contributed by atoms with Crippen LogP contribution in [0, 0.1) is 16.7 Å². The van der Waals surface area contributed by atoms with Gasteiger partial charge in [0.1, 0.15) is 0 Å². The predicted molar refractivity (Wildman–Crippen MR) is 114 cm³/mol. The summed E-state index contributed by atoms with van der Waals surface area (Å²) in [7, 11) is 3.32. The maximum Gasteiger partial charge on any atom is 0.161 e. The Kier molecular flexibility index (Phi) is 5.71. The average Bonchev–Trinajstić information content (AvgIpc) is 2.70. The Balaban J connectivity index is 2.21. The van der Waals surface area contributed by atoms with Crippen LogP contribution < -0.4 is 9.47 Å². The number of aliphatic hydroxyl groups is 1. The Bertz CT molecular complexity index is 739. The summed E-state index contributed by atoms with van der Waals surface area (Å²) in [6, 6.07) is 4.02. The molecular formula is C23H33BrO3. The van der Waals surface area contributed by atoms with Crippen LogP contribution in [0.4, 0.5) is 0 Å². The first-order chi connectivity index (χ1) is 12.7. The Morgan fingerprint density at radius 1 is 1.07 bits per heavy atom. The monoisotopic (exact) mass is 436 g/mol. The summed E-state index contributed by atoms with van der Waals surface area (Å²) >= 11 is 3.76. The van der Waals surface area contributed by atoms with Crippen molar-refractivity contribution in [2.75, 3.05) is 14.2 Å².